The van der Waals surface area contributed by atoms with E-state index in [1.807, 2.05) is 36.0 Å². The van der Waals surface area contributed by atoms with Gasteiger partial charge in [0.25, 0.3) is 5.91 Å². The Morgan fingerprint density at radius 3 is 2.68 bits per heavy atom. The Bertz CT molecular complexity index is 521. The van der Waals surface area contributed by atoms with Crippen molar-refractivity contribution in [2.75, 3.05) is 16.8 Å². The van der Waals surface area contributed by atoms with Crippen molar-refractivity contribution in [1.82, 2.24) is 4.90 Å². The molecule has 1 N–H and O–H groups in total. The number of carbonyl (C=O) groups is 1. The van der Waals surface area contributed by atoms with E-state index in [1.165, 1.54) is 12.8 Å². The number of benzene rings is 1. The molecule has 100 valence electrons. The maximum Gasteiger partial charge on any atom is 0.258 e. The summed E-state index contributed by atoms with van der Waals surface area (Å²) in [6.45, 7) is 0. The predicted molar refractivity (Wildman–Crippen MR) is 78.5 cm³/mol. The highest BCUT2D eigenvalue weighted by atomic mass is 32.2. The van der Waals surface area contributed by atoms with Crippen LogP contribution in [0.3, 0.4) is 0 Å². The summed E-state index contributed by atoms with van der Waals surface area (Å²) in [6, 6.07) is 8.43. The van der Waals surface area contributed by atoms with Crippen molar-refractivity contribution in [2.45, 2.75) is 37.4 Å². The number of hydrogen-bond donors (Lipinski definition) is 1. The monoisotopic (exact) mass is 274 g/mol. The molecule has 0 atom stereocenters. The lowest BCUT2D eigenvalue weighted by Gasteiger charge is -2.50. The fraction of sp³-hybridized carbons (Fsp3) is 0.533. The molecule has 1 amide bonds. The van der Waals surface area contributed by atoms with E-state index in [1.54, 1.807) is 0 Å². The number of hydrogen-bond acceptors (Lipinski definition) is 3. The zero-order valence-electron chi connectivity index (χ0n) is 10.9. The summed E-state index contributed by atoms with van der Waals surface area (Å²) in [4.78, 5) is 15.0. The number of anilines is 1. The Morgan fingerprint density at radius 1 is 1.21 bits per heavy atom. The van der Waals surface area contributed by atoms with Crippen LogP contribution in [0.25, 0.3) is 0 Å². The SMILES string of the molecule is O=C1c2ccccc2NC2(CCSCC2)N1C1CC1. The third kappa shape index (κ3) is 1.76. The van der Waals surface area contributed by atoms with Crippen LogP contribution in [-0.4, -0.2) is 34.0 Å². The van der Waals surface area contributed by atoms with Crippen LogP contribution in [0.1, 0.15) is 36.0 Å². The molecule has 0 unspecified atom stereocenters. The standard InChI is InChI=1S/C15H18N2OS/c18-14-12-3-1-2-4-13(12)16-15(7-9-19-10-8-15)17(14)11-5-6-11/h1-4,11,16H,5-10H2. The highest BCUT2D eigenvalue weighted by Gasteiger charge is 2.50. The molecule has 1 saturated carbocycles. The average molecular weight is 274 g/mol. The molecular weight excluding hydrogens is 256 g/mol. The van der Waals surface area contributed by atoms with Crippen molar-refractivity contribution in [3.8, 4) is 0 Å². The number of thioether (sulfide) groups is 1. The highest BCUT2D eigenvalue weighted by Crippen LogP contribution is 2.44. The Morgan fingerprint density at radius 2 is 1.95 bits per heavy atom. The molecule has 2 heterocycles. The van der Waals surface area contributed by atoms with Gasteiger partial charge in [0.2, 0.25) is 0 Å². The molecule has 4 rings (SSSR count). The first-order valence-corrected chi connectivity index (χ1v) is 8.24. The Labute approximate surface area is 117 Å². The van der Waals surface area contributed by atoms with Gasteiger partial charge in [-0.15, -0.1) is 0 Å². The van der Waals surface area contributed by atoms with Gasteiger partial charge in [-0.05, 0) is 49.3 Å². The second-order valence-corrected chi connectivity index (χ2v) is 6.95. The van der Waals surface area contributed by atoms with Crippen molar-refractivity contribution < 1.29 is 4.79 Å². The van der Waals surface area contributed by atoms with Crippen LogP contribution < -0.4 is 5.32 Å². The number of nitrogens with zero attached hydrogens (tertiary/aromatic N) is 1. The molecule has 0 radical (unpaired) electrons. The van der Waals surface area contributed by atoms with Crippen LogP contribution in [0.4, 0.5) is 5.69 Å². The van der Waals surface area contributed by atoms with Crippen LogP contribution >= 0.6 is 11.8 Å². The van der Waals surface area contributed by atoms with Gasteiger partial charge in [0.05, 0.1) is 5.56 Å². The van der Waals surface area contributed by atoms with Crippen LogP contribution in [0.2, 0.25) is 0 Å². The Hall–Kier alpha value is -1.16. The number of rotatable bonds is 1. The number of fused-ring (bicyclic) bond motifs is 1. The molecular formula is C15H18N2OS. The summed E-state index contributed by atoms with van der Waals surface area (Å²) in [5.74, 6) is 2.53. The van der Waals surface area contributed by atoms with E-state index in [0.29, 0.717) is 6.04 Å². The zero-order valence-corrected chi connectivity index (χ0v) is 11.7. The first-order valence-electron chi connectivity index (χ1n) is 7.09. The normalized spacial score (nSPS) is 25.1. The van der Waals surface area contributed by atoms with E-state index in [2.05, 4.69) is 10.2 Å². The summed E-state index contributed by atoms with van der Waals surface area (Å²) in [5.41, 5.74) is 1.76. The van der Waals surface area contributed by atoms with E-state index in [9.17, 15) is 4.79 Å². The number of carbonyl (C=O) groups excluding carboxylic acids is 1. The average Bonchev–Trinajstić information content (AvgIpc) is 3.24. The molecule has 1 aliphatic carbocycles. The molecule has 3 nitrogen and oxygen atoms in total. The molecule has 1 spiro atoms. The Balaban J connectivity index is 1.80. The number of amides is 1. The maximum absolute atomic E-state index is 12.9. The maximum atomic E-state index is 12.9. The van der Waals surface area contributed by atoms with Crippen molar-refractivity contribution >= 4 is 23.4 Å². The van der Waals surface area contributed by atoms with Crippen molar-refractivity contribution in [1.29, 1.82) is 0 Å². The number of para-hydroxylation sites is 1. The lowest BCUT2D eigenvalue weighted by molar-refractivity contribution is 0.0452. The fourth-order valence-electron chi connectivity index (χ4n) is 3.34. The van der Waals surface area contributed by atoms with E-state index in [0.717, 1.165) is 35.6 Å². The molecule has 1 saturated heterocycles. The molecule has 2 aliphatic heterocycles. The van der Waals surface area contributed by atoms with Gasteiger partial charge in [0, 0.05) is 11.7 Å². The van der Waals surface area contributed by atoms with Gasteiger partial charge in [-0.25, -0.2) is 0 Å². The minimum absolute atomic E-state index is 0.113. The van der Waals surface area contributed by atoms with Crippen LogP contribution in [0.5, 0.6) is 0 Å². The summed E-state index contributed by atoms with van der Waals surface area (Å²) >= 11 is 2.00. The smallest absolute Gasteiger partial charge is 0.258 e. The molecule has 0 bridgehead atoms. The van der Waals surface area contributed by atoms with Gasteiger partial charge >= 0.3 is 0 Å². The van der Waals surface area contributed by atoms with Gasteiger partial charge < -0.3 is 10.2 Å². The van der Waals surface area contributed by atoms with E-state index >= 15 is 0 Å². The van der Waals surface area contributed by atoms with Crippen molar-refractivity contribution in [3.63, 3.8) is 0 Å². The molecule has 4 heteroatoms. The summed E-state index contributed by atoms with van der Waals surface area (Å²) in [6.07, 6.45) is 4.47. The summed E-state index contributed by atoms with van der Waals surface area (Å²) < 4.78 is 0. The second kappa shape index (κ2) is 4.17. The molecule has 0 aromatic heterocycles. The van der Waals surface area contributed by atoms with Gasteiger partial charge in [0.1, 0.15) is 5.66 Å². The van der Waals surface area contributed by atoms with E-state index in [4.69, 9.17) is 0 Å². The van der Waals surface area contributed by atoms with Crippen LogP contribution in [-0.2, 0) is 0 Å². The Kier molecular flexibility index (Phi) is 2.56. The molecule has 1 aromatic carbocycles. The molecule has 2 fully saturated rings. The topological polar surface area (TPSA) is 32.3 Å². The van der Waals surface area contributed by atoms with Gasteiger partial charge in [0.15, 0.2) is 0 Å². The van der Waals surface area contributed by atoms with Gasteiger partial charge in [-0.2, -0.15) is 11.8 Å². The third-order valence-corrected chi connectivity index (χ3v) is 5.42. The van der Waals surface area contributed by atoms with Crippen LogP contribution in [0, 0.1) is 0 Å². The van der Waals surface area contributed by atoms with Crippen molar-refractivity contribution in [3.05, 3.63) is 29.8 Å². The van der Waals surface area contributed by atoms with E-state index in [-0.39, 0.29) is 11.6 Å². The van der Waals surface area contributed by atoms with Gasteiger partial charge in [-0.1, -0.05) is 12.1 Å². The predicted octanol–water partition coefficient (Wildman–Crippen LogP) is 2.94. The summed E-state index contributed by atoms with van der Waals surface area (Å²) in [7, 11) is 0. The van der Waals surface area contributed by atoms with E-state index < -0.39 is 0 Å². The minimum atomic E-state index is -0.113. The van der Waals surface area contributed by atoms with Crippen LogP contribution in [0.15, 0.2) is 24.3 Å². The first kappa shape index (κ1) is 11.6. The largest absolute Gasteiger partial charge is 0.362 e. The number of nitrogens with one attached hydrogen (secondary N) is 1. The molecule has 1 aromatic rings. The summed E-state index contributed by atoms with van der Waals surface area (Å²) in [5, 5.41) is 3.71. The fourth-order valence-corrected chi connectivity index (χ4v) is 4.50. The van der Waals surface area contributed by atoms with Crippen molar-refractivity contribution in [2.24, 2.45) is 0 Å². The van der Waals surface area contributed by atoms with Gasteiger partial charge in [-0.3, -0.25) is 4.79 Å². The quantitative estimate of drug-likeness (QED) is 0.854. The zero-order chi connectivity index (χ0) is 12.9. The highest BCUT2D eigenvalue weighted by molar-refractivity contribution is 7.99. The minimum Gasteiger partial charge on any atom is -0.362 e. The molecule has 3 aliphatic rings. The second-order valence-electron chi connectivity index (χ2n) is 5.72. The molecule has 19 heavy (non-hydrogen) atoms. The lowest BCUT2D eigenvalue weighted by Crippen LogP contribution is -2.62. The lowest BCUT2D eigenvalue weighted by atomic mass is 9.93. The third-order valence-electron chi connectivity index (χ3n) is 4.44. The first-order chi connectivity index (χ1) is 9.30.